The van der Waals surface area contributed by atoms with E-state index in [1.165, 1.54) is 17.4 Å². The van der Waals surface area contributed by atoms with Crippen LogP contribution < -0.4 is 5.32 Å². The Morgan fingerprint density at radius 2 is 1.84 bits per heavy atom. The van der Waals surface area contributed by atoms with Gasteiger partial charge in [-0.1, -0.05) is 0 Å². The molecule has 1 N–H and O–H groups in total. The molecule has 3 aromatic rings. The van der Waals surface area contributed by atoms with Crippen LogP contribution in [0.5, 0.6) is 0 Å². The zero-order valence-corrected chi connectivity index (χ0v) is 18.1. The predicted molar refractivity (Wildman–Crippen MR) is 110 cm³/mol. The summed E-state index contributed by atoms with van der Waals surface area (Å²) in [6, 6.07) is 2.47. The van der Waals surface area contributed by atoms with Gasteiger partial charge in [-0.15, -0.1) is 10.2 Å². The Morgan fingerprint density at radius 1 is 1.16 bits per heavy atom. The summed E-state index contributed by atoms with van der Waals surface area (Å²) in [5, 5.41) is 10.8. The first-order valence-corrected chi connectivity index (χ1v) is 10.0. The molecule has 2 aromatic heterocycles. The highest BCUT2D eigenvalue weighted by molar-refractivity contribution is 5.96. The van der Waals surface area contributed by atoms with E-state index < -0.39 is 34.5 Å². The number of carbonyl (C=O) groups excluding carboxylic acids is 1. The first-order valence-electron chi connectivity index (χ1n) is 10.0. The second kappa shape index (κ2) is 7.33. The second-order valence-corrected chi connectivity index (χ2v) is 8.72. The molecule has 1 fully saturated rings. The van der Waals surface area contributed by atoms with Gasteiger partial charge in [0.2, 0.25) is 0 Å². The summed E-state index contributed by atoms with van der Waals surface area (Å²) in [7, 11) is 3.65. The third kappa shape index (κ3) is 3.56. The Balaban J connectivity index is 1.89. The number of halogens is 3. The van der Waals surface area contributed by atoms with Gasteiger partial charge in [0.15, 0.2) is 23.1 Å². The number of nitrogens with one attached hydrogen (secondary N) is 1. The lowest BCUT2D eigenvalue weighted by Crippen LogP contribution is -2.37. The first-order chi connectivity index (χ1) is 14.5. The molecule has 0 unspecified atom stereocenters. The Labute approximate surface area is 178 Å². The molecule has 31 heavy (non-hydrogen) atoms. The fourth-order valence-corrected chi connectivity index (χ4v) is 3.39. The van der Waals surface area contributed by atoms with Crippen molar-refractivity contribution in [1.29, 1.82) is 0 Å². The molecule has 164 valence electrons. The van der Waals surface area contributed by atoms with E-state index in [0.29, 0.717) is 5.82 Å². The van der Waals surface area contributed by atoms with Crippen LogP contribution in [-0.2, 0) is 5.54 Å². The Morgan fingerprint density at radius 3 is 2.45 bits per heavy atom. The van der Waals surface area contributed by atoms with Gasteiger partial charge in [0.05, 0.1) is 11.1 Å². The first kappa shape index (κ1) is 21.3. The smallest absolute Gasteiger partial charge is 0.251 e. The van der Waals surface area contributed by atoms with Crippen molar-refractivity contribution in [3.05, 3.63) is 52.7 Å². The summed E-state index contributed by atoms with van der Waals surface area (Å²) < 4.78 is 46.6. The molecule has 2 heterocycles. The number of nitrogens with zero attached hydrogens (tertiary/aromatic N) is 4. The Bertz CT molecular complexity index is 1200. The quantitative estimate of drug-likeness (QED) is 0.667. The van der Waals surface area contributed by atoms with Crippen molar-refractivity contribution in [2.45, 2.75) is 45.2 Å². The fourth-order valence-electron chi connectivity index (χ4n) is 3.39. The second-order valence-electron chi connectivity index (χ2n) is 8.72. The lowest BCUT2D eigenvalue weighted by atomic mass is 9.96. The maximum Gasteiger partial charge on any atom is 0.251 e. The molecule has 9 heteroatoms. The number of amides is 1. The number of hydrogen-bond acceptors (Lipinski definition) is 4. The monoisotopic (exact) mass is 431 g/mol. The van der Waals surface area contributed by atoms with Crippen LogP contribution in [0.2, 0.25) is 0 Å². The molecule has 1 aliphatic rings. The number of carbonyl (C=O) groups is 1. The molecule has 0 spiro atoms. The third-order valence-corrected chi connectivity index (χ3v) is 6.05. The molecule has 0 aliphatic heterocycles. The van der Waals surface area contributed by atoms with E-state index in [9.17, 15) is 9.18 Å². The van der Waals surface area contributed by atoms with E-state index in [4.69, 9.17) is 0 Å². The van der Waals surface area contributed by atoms with Crippen molar-refractivity contribution < 1.29 is 18.0 Å². The van der Waals surface area contributed by atoms with Crippen LogP contribution in [0.15, 0.2) is 18.3 Å². The van der Waals surface area contributed by atoms with Crippen molar-refractivity contribution in [2.75, 3.05) is 14.1 Å². The highest BCUT2D eigenvalue weighted by atomic mass is 19.1. The van der Waals surface area contributed by atoms with E-state index in [-0.39, 0.29) is 28.4 Å². The lowest BCUT2D eigenvalue weighted by molar-refractivity contribution is 0.0950. The molecule has 0 saturated heterocycles. The van der Waals surface area contributed by atoms with Crippen LogP contribution in [0.3, 0.4) is 0 Å². The van der Waals surface area contributed by atoms with Crippen LogP contribution in [0.1, 0.15) is 48.4 Å². The zero-order chi connectivity index (χ0) is 22.7. The summed E-state index contributed by atoms with van der Waals surface area (Å²) in [5.41, 5.74) is -1.24. The minimum atomic E-state index is -0.962. The molecule has 1 aromatic carbocycles. The topological polar surface area (TPSA) is 62.5 Å². The largest absolute Gasteiger partial charge is 0.349 e. The van der Waals surface area contributed by atoms with E-state index in [0.717, 1.165) is 25.1 Å². The number of hydrogen-bond donors (Lipinski definition) is 1. The van der Waals surface area contributed by atoms with Gasteiger partial charge in [-0.2, -0.15) is 0 Å². The van der Waals surface area contributed by atoms with Gasteiger partial charge < -0.3 is 5.32 Å². The van der Waals surface area contributed by atoms with Crippen LogP contribution in [0.4, 0.5) is 13.2 Å². The SMILES string of the molecule is Cc1c(F)cc(C(=O)NC2CC2)cc1-c1c(F)cn2c(C(C)(C)N(C)C)nnc2c1F. The van der Waals surface area contributed by atoms with E-state index in [1.54, 1.807) is 0 Å². The number of pyridine rings is 1. The zero-order valence-electron chi connectivity index (χ0n) is 18.1. The molecule has 4 rings (SSSR count). The minimum Gasteiger partial charge on any atom is -0.349 e. The normalized spacial score (nSPS) is 14.5. The molecule has 6 nitrogen and oxygen atoms in total. The van der Waals surface area contributed by atoms with Crippen molar-refractivity contribution in [1.82, 2.24) is 24.8 Å². The molecular weight excluding hydrogens is 407 g/mol. The summed E-state index contributed by atoms with van der Waals surface area (Å²) in [6.07, 6.45) is 2.83. The molecule has 1 amide bonds. The average molecular weight is 431 g/mol. The molecular formula is C22H24F3N5O. The van der Waals surface area contributed by atoms with E-state index in [2.05, 4.69) is 15.5 Å². The summed E-state index contributed by atoms with van der Waals surface area (Å²) in [5.74, 6) is -2.69. The molecule has 0 bridgehead atoms. The Kier molecular flexibility index (Phi) is 5.04. The van der Waals surface area contributed by atoms with Crippen molar-refractivity contribution in [2.24, 2.45) is 0 Å². The van der Waals surface area contributed by atoms with Gasteiger partial charge in [-0.25, -0.2) is 13.2 Å². The summed E-state index contributed by atoms with van der Waals surface area (Å²) in [6.45, 7) is 5.13. The van der Waals surface area contributed by atoms with Gasteiger partial charge in [-0.05, 0) is 71.0 Å². The summed E-state index contributed by atoms with van der Waals surface area (Å²) in [4.78, 5) is 14.3. The van der Waals surface area contributed by atoms with Gasteiger partial charge in [-0.3, -0.25) is 14.1 Å². The minimum absolute atomic E-state index is 0.0135. The van der Waals surface area contributed by atoms with Gasteiger partial charge in [0, 0.05) is 17.8 Å². The summed E-state index contributed by atoms with van der Waals surface area (Å²) >= 11 is 0. The van der Waals surface area contributed by atoms with E-state index in [1.807, 2.05) is 32.8 Å². The van der Waals surface area contributed by atoms with Crippen LogP contribution in [-0.4, -0.2) is 45.5 Å². The molecule has 1 saturated carbocycles. The van der Waals surface area contributed by atoms with Crippen LogP contribution in [0, 0.1) is 24.4 Å². The maximum atomic E-state index is 15.5. The van der Waals surface area contributed by atoms with Gasteiger partial charge in [0.1, 0.15) is 5.82 Å². The van der Waals surface area contributed by atoms with Gasteiger partial charge in [0.25, 0.3) is 5.91 Å². The number of rotatable bonds is 5. The number of fused-ring (bicyclic) bond motifs is 1. The molecule has 1 aliphatic carbocycles. The molecule has 0 atom stereocenters. The van der Waals surface area contributed by atoms with Gasteiger partial charge >= 0.3 is 0 Å². The fraction of sp³-hybridized carbons (Fsp3) is 0.409. The Hall–Kier alpha value is -2.94. The van der Waals surface area contributed by atoms with Crippen molar-refractivity contribution >= 4 is 11.6 Å². The predicted octanol–water partition coefficient (Wildman–Crippen LogP) is 3.81. The van der Waals surface area contributed by atoms with E-state index >= 15 is 8.78 Å². The number of aromatic nitrogens is 3. The molecule has 0 radical (unpaired) electrons. The lowest BCUT2D eigenvalue weighted by Gasteiger charge is -2.30. The van der Waals surface area contributed by atoms with Crippen LogP contribution >= 0.6 is 0 Å². The number of benzene rings is 1. The van der Waals surface area contributed by atoms with Crippen LogP contribution in [0.25, 0.3) is 16.8 Å². The van der Waals surface area contributed by atoms with Crippen molar-refractivity contribution in [3.63, 3.8) is 0 Å². The maximum absolute atomic E-state index is 15.5. The highest BCUT2D eigenvalue weighted by Crippen LogP contribution is 2.34. The van der Waals surface area contributed by atoms with Crippen molar-refractivity contribution in [3.8, 4) is 11.1 Å². The third-order valence-electron chi connectivity index (χ3n) is 6.05. The standard InChI is InChI=1S/C22H24F3N5O/c1-11-14(8-12(9-15(11)23)20(31)26-13-6-7-13)17-16(24)10-30-19(18(17)25)27-28-21(30)22(2,3)29(4)5/h8-10,13H,6-7H2,1-5H3,(H,26,31). The highest BCUT2D eigenvalue weighted by Gasteiger charge is 2.32. The average Bonchev–Trinajstić information content (AvgIpc) is 3.40.